The molecule has 0 radical (unpaired) electrons. The Morgan fingerprint density at radius 2 is 1.17 bits per heavy atom. The fourth-order valence-corrected chi connectivity index (χ4v) is 2.45. The molecule has 2 rings (SSSR count). The van der Waals surface area contributed by atoms with Gasteiger partial charge in [-0.1, -0.05) is 78.9 Å². The largest absolute Gasteiger partial charge is 0.292 e. The predicted molar refractivity (Wildman–Crippen MR) is 104 cm³/mol. The van der Waals surface area contributed by atoms with Gasteiger partial charge in [0, 0.05) is 19.6 Å². The van der Waals surface area contributed by atoms with Gasteiger partial charge in [-0.2, -0.15) is 0 Å². The van der Waals surface area contributed by atoms with Crippen molar-refractivity contribution in [3.05, 3.63) is 103 Å². The van der Waals surface area contributed by atoms with Crippen molar-refractivity contribution in [1.82, 2.24) is 4.90 Å². The Bertz CT molecular complexity index is 565. The van der Waals surface area contributed by atoms with Crippen LogP contribution in [0.2, 0.25) is 0 Å². The van der Waals surface area contributed by atoms with Crippen molar-refractivity contribution >= 4 is 18.0 Å². The Morgan fingerprint density at radius 1 is 0.739 bits per heavy atom. The summed E-state index contributed by atoms with van der Waals surface area (Å²) in [6.07, 6.45) is 6.15. The number of hydrogen-bond acceptors (Lipinski definition) is 1. The zero-order valence-electron chi connectivity index (χ0n) is 13.4. The molecule has 0 atom stereocenters. The lowest BCUT2D eigenvalue weighted by molar-refractivity contribution is 0.373. The van der Waals surface area contributed by atoms with Crippen molar-refractivity contribution in [3.8, 4) is 0 Å². The average molecular weight is 326 g/mol. The Morgan fingerprint density at radius 3 is 1.57 bits per heavy atom. The summed E-state index contributed by atoms with van der Waals surface area (Å²) in [6, 6.07) is 21.0. The minimum absolute atomic E-state index is 0. The third kappa shape index (κ3) is 5.90. The van der Waals surface area contributed by atoms with Crippen LogP contribution >= 0.6 is 12.4 Å². The highest BCUT2D eigenvalue weighted by Crippen LogP contribution is 2.23. The standard InChI is InChI=1S/C21H23N.ClH/c1-3-16-22(17-4-2)18-15-21(19-11-7-5-8-12-19)20-13-9-6-10-14-20;/h3-15H,1-2,16-18H2;1H. The van der Waals surface area contributed by atoms with E-state index in [1.54, 1.807) is 0 Å². The van der Waals surface area contributed by atoms with Crippen LogP contribution in [0.25, 0.3) is 5.57 Å². The van der Waals surface area contributed by atoms with Crippen molar-refractivity contribution in [3.63, 3.8) is 0 Å². The van der Waals surface area contributed by atoms with Gasteiger partial charge < -0.3 is 0 Å². The molecule has 0 aliphatic heterocycles. The number of nitrogens with zero attached hydrogens (tertiary/aromatic N) is 1. The van der Waals surface area contributed by atoms with Gasteiger partial charge in [0.15, 0.2) is 0 Å². The van der Waals surface area contributed by atoms with Gasteiger partial charge in [0.25, 0.3) is 0 Å². The molecule has 0 saturated carbocycles. The van der Waals surface area contributed by atoms with Gasteiger partial charge in [0.1, 0.15) is 0 Å². The minimum atomic E-state index is 0. The SMILES string of the molecule is C=CCN(CC=C)CC=C(c1ccccc1)c1ccccc1.Cl. The second-order valence-corrected chi connectivity index (χ2v) is 5.15. The second-order valence-electron chi connectivity index (χ2n) is 5.15. The van der Waals surface area contributed by atoms with Crippen molar-refractivity contribution in [1.29, 1.82) is 0 Å². The highest BCUT2D eigenvalue weighted by molar-refractivity contribution is 5.85. The molecular formula is C21H24ClN. The van der Waals surface area contributed by atoms with Crippen LogP contribution < -0.4 is 0 Å². The molecule has 0 N–H and O–H groups in total. The maximum atomic E-state index is 3.83. The van der Waals surface area contributed by atoms with E-state index in [1.165, 1.54) is 16.7 Å². The molecule has 0 unspecified atom stereocenters. The van der Waals surface area contributed by atoms with Crippen LogP contribution in [-0.4, -0.2) is 24.5 Å². The first kappa shape index (κ1) is 19.0. The molecule has 0 heterocycles. The third-order valence-corrected chi connectivity index (χ3v) is 3.50. The van der Waals surface area contributed by atoms with Crippen LogP contribution in [0.1, 0.15) is 11.1 Å². The first-order valence-corrected chi connectivity index (χ1v) is 7.60. The van der Waals surface area contributed by atoms with Gasteiger partial charge in [-0.05, 0) is 16.7 Å². The van der Waals surface area contributed by atoms with E-state index < -0.39 is 0 Å². The minimum Gasteiger partial charge on any atom is -0.292 e. The quantitative estimate of drug-likeness (QED) is 0.602. The Kier molecular flexibility index (Phi) is 8.74. The van der Waals surface area contributed by atoms with Crippen molar-refractivity contribution in [2.24, 2.45) is 0 Å². The second kappa shape index (κ2) is 10.6. The summed E-state index contributed by atoms with van der Waals surface area (Å²) in [6.45, 7) is 10.3. The van der Waals surface area contributed by atoms with E-state index in [9.17, 15) is 0 Å². The Hall–Kier alpha value is -2.09. The summed E-state index contributed by atoms with van der Waals surface area (Å²) in [5.41, 5.74) is 3.75. The molecule has 1 nitrogen and oxygen atoms in total. The van der Waals surface area contributed by atoms with E-state index in [1.807, 2.05) is 24.3 Å². The maximum Gasteiger partial charge on any atom is 0.0179 e. The zero-order chi connectivity index (χ0) is 15.6. The summed E-state index contributed by atoms with van der Waals surface area (Å²) in [4.78, 5) is 2.30. The van der Waals surface area contributed by atoms with Gasteiger partial charge >= 0.3 is 0 Å². The molecule has 120 valence electrons. The van der Waals surface area contributed by atoms with E-state index >= 15 is 0 Å². The van der Waals surface area contributed by atoms with E-state index in [4.69, 9.17) is 0 Å². The summed E-state index contributed by atoms with van der Waals surface area (Å²) in [5.74, 6) is 0. The highest BCUT2D eigenvalue weighted by Gasteiger charge is 2.05. The normalized spacial score (nSPS) is 9.78. The zero-order valence-corrected chi connectivity index (χ0v) is 14.2. The number of halogens is 1. The maximum absolute atomic E-state index is 3.83. The predicted octanol–water partition coefficient (Wildman–Crippen LogP) is 5.21. The Balaban J connectivity index is 0.00000264. The molecular weight excluding hydrogens is 302 g/mol. The molecule has 0 fully saturated rings. The molecule has 2 aromatic carbocycles. The smallest absolute Gasteiger partial charge is 0.0179 e. The summed E-state index contributed by atoms with van der Waals surface area (Å²) < 4.78 is 0. The van der Waals surface area contributed by atoms with Crippen LogP contribution in [0.5, 0.6) is 0 Å². The number of rotatable bonds is 8. The van der Waals surface area contributed by atoms with Crippen molar-refractivity contribution in [2.75, 3.05) is 19.6 Å². The van der Waals surface area contributed by atoms with Gasteiger partial charge in [-0.15, -0.1) is 25.6 Å². The lowest BCUT2D eigenvalue weighted by Gasteiger charge is -2.18. The number of benzene rings is 2. The van der Waals surface area contributed by atoms with Crippen LogP contribution in [0.3, 0.4) is 0 Å². The van der Waals surface area contributed by atoms with Crippen LogP contribution in [0.15, 0.2) is 92.0 Å². The molecule has 0 bridgehead atoms. The molecule has 2 aromatic rings. The van der Waals surface area contributed by atoms with Gasteiger partial charge in [-0.25, -0.2) is 0 Å². The van der Waals surface area contributed by atoms with Gasteiger partial charge in [-0.3, -0.25) is 4.90 Å². The summed E-state index contributed by atoms with van der Waals surface area (Å²) in [5, 5.41) is 0. The monoisotopic (exact) mass is 325 g/mol. The van der Waals surface area contributed by atoms with Crippen molar-refractivity contribution in [2.45, 2.75) is 0 Å². The van der Waals surface area contributed by atoms with Crippen LogP contribution in [0.4, 0.5) is 0 Å². The van der Waals surface area contributed by atoms with Crippen molar-refractivity contribution < 1.29 is 0 Å². The topological polar surface area (TPSA) is 3.24 Å². The van der Waals surface area contributed by atoms with E-state index in [0.717, 1.165) is 19.6 Å². The fourth-order valence-electron chi connectivity index (χ4n) is 2.45. The summed E-state index contributed by atoms with van der Waals surface area (Å²) in [7, 11) is 0. The van der Waals surface area contributed by atoms with E-state index in [-0.39, 0.29) is 12.4 Å². The first-order chi connectivity index (χ1) is 10.8. The molecule has 2 heteroatoms. The van der Waals surface area contributed by atoms with E-state index in [2.05, 4.69) is 72.7 Å². The van der Waals surface area contributed by atoms with Crippen LogP contribution in [0, 0.1) is 0 Å². The molecule has 0 aliphatic carbocycles. The lowest BCUT2D eigenvalue weighted by atomic mass is 9.97. The van der Waals surface area contributed by atoms with Gasteiger partial charge in [0.05, 0.1) is 0 Å². The lowest BCUT2D eigenvalue weighted by Crippen LogP contribution is -2.24. The average Bonchev–Trinajstić information content (AvgIpc) is 2.57. The molecule has 23 heavy (non-hydrogen) atoms. The fraction of sp³-hybridized carbons (Fsp3) is 0.143. The third-order valence-electron chi connectivity index (χ3n) is 3.50. The molecule has 0 spiro atoms. The Labute approximate surface area is 146 Å². The molecule has 0 aromatic heterocycles. The van der Waals surface area contributed by atoms with E-state index in [0.29, 0.717) is 0 Å². The van der Waals surface area contributed by atoms with Crippen LogP contribution in [-0.2, 0) is 0 Å². The first-order valence-electron chi connectivity index (χ1n) is 7.60. The number of hydrogen-bond donors (Lipinski definition) is 0. The van der Waals surface area contributed by atoms with Gasteiger partial charge in [0.2, 0.25) is 0 Å². The molecule has 0 aliphatic rings. The molecule has 0 amide bonds. The highest BCUT2D eigenvalue weighted by atomic mass is 35.5. The summed E-state index contributed by atoms with van der Waals surface area (Å²) >= 11 is 0. The molecule has 0 saturated heterocycles.